The maximum absolute atomic E-state index is 6.34. The Morgan fingerprint density at radius 2 is 2.00 bits per heavy atom. The van der Waals surface area contributed by atoms with Gasteiger partial charge in [0.15, 0.2) is 0 Å². The third kappa shape index (κ3) is 1.77. The molecular formula is C9H12ClNSi. The zero-order valence-electron chi connectivity index (χ0n) is 7.05. The highest BCUT2D eigenvalue weighted by Gasteiger charge is 2.27. The molecule has 0 aromatic heterocycles. The largest absolute Gasteiger partial charge is 0.322 e. The highest BCUT2D eigenvalue weighted by atomic mass is 35.6. The molecule has 1 rings (SSSR count). The summed E-state index contributed by atoms with van der Waals surface area (Å²) in [5.41, 5.74) is 1.82. The van der Waals surface area contributed by atoms with Crippen LogP contribution in [0.5, 0.6) is 0 Å². The van der Waals surface area contributed by atoms with Crippen molar-refractivity contribution in [3.05, 3.63) is 42.6 Å². The fourth-order valence-corrected chi connectivity index (χ4v) is 2.83. The lowest BCUT2D eigenvalue weighted by molar-refractivity contribution is 1.22. The minimum atomic E-state index is -2.09. The van der Waals surface area contributed by atoms with Crippen LogP contribution in [0, 0.1) is 0 Å². The molecule has 0 saturated carbocycles. The van der Waals surface area contributed by atoms with Crippen LogP contribution in [-0.4, -0.2) is 14.6 Å². The lowest BCUT2D eigenvalue weighted by Crippen LogP contribution is -2.52. The van der Waals surface area contributed by atoms with Crippen LogP contribution in [-0.2, 0) is 0 Å². The number of benzene rings is 1. The van der Waals surface area contributed by atoms with E-state index < -0.39 is 7.55 Å². The van der Waals surface area contributed by atoms with E-state index in [0.29, 0.717) is 0 Å². The van der Waals surface area contributed by atoms with Crippen LogP contribution in [0.4, 0.5) is 0 Å². The summed E-state index contributed by atoms with van der Waals surface area (Å²) >= 11 is 6.34. The molecule has 1 aromatic carbocycles. The normalized spacial score (nSPS) is 15.2. The number of halogens is 1. The first kappa shape index (κ1) is 9.51. The van der Waals surface area contributed by atoms with E-state index in [9.17, 15) is 0 Å². The molecular weight excluding hydrogens is 186 g/mol. The van der Waals surface area contributed by atoms with Gasteiger partial charge in [-0.05, 0) is 12.2 Å². The van der Waals surface area contributed by atoms with E-state index in [-0.39, 0.29) is 0 Å². The molecule has 0 fully saturated rings. The maximum Gasteiger partial charge on any atom is 0.281 e. The molecule has 3 heteroatoms. The van der Waals surface area contributed by atoms with Crippen molar-refractivity contribution >= 4 is 23.8 Å². The van der Waals surface area contributed by atoms with Crippen LogP contribution >= 0.6 is 11.1 Å². The van der Waals surface area contributed by atoms with Crippen molar-refractivity contribution in [2.75, 3.05) is 7.05 Å². The number of hydrogen-bond donors (Lipinski definition) is 1. The quantitative estimate of drug-likeness (QED) is 0.573. The summed E-state index contributed by atoms with van der Waals surface area (Å²) in [4.78, 5) is 3.13. The standard InChI is InChI=1S/C9H12ClNSi/c1-3-12(10,11-2)9-7-5-4-6-8-9/h3-8,11H,1H2,2H3. The van der Waals surface area contributed by atoms with Gasteiger partial charge in [-0.3, -0.25) is 0 Å². The van der Waals surface area contributed by atoms with Crippen molar-refractivity contribution in [3.63, 3.8) is 0 Å². The van der Waals surface area contributed by atoms with E-state index >= 15 is 0 Å². The fourth-order valence-electron chi connectivity index (χ4n) is 1.04. The summed E-state index contributed by atoms with van der Waals surface area (Å²) < 4.78 is 0. The second-order valence-corrected chi connectivity index (χ2v) is 7.23. The Bertz CT molecular complexity index is 262. The highest BCUT2D eigenvalue weighted by molar-refractivity contribution is 7.28. The molecule has 1 aromatic rings. The van der Waals surface area contributed by atoms with E-state index in [0.717, 1.165) is 5.19 Å². The predicted octanol–water partition coefficient (Wildman–Crippen LogP) is 1.52. The SMILES string of the molecule is C=C[Si](Cl)(NC)c1ccccc1. The molecule has 0 radical (unpaired) electrons. The Hall–Kier alpha value is -0.573. The van der Waals surface area contributed by atoms with Gasteiger partial charge in [-0.1, -0.05) is 36.0 Å². The molecule has 0 aliphatic rings. The topological polar surface area (TPSA) is 12.0 Å². The van der Waals surface area contributed by atoms with Gasteiger partial charge in [0.05, 0.1) is 0 Å². The van der Waals surface area contributed by atoms with E-state index in [1.165, 1.54) is 0 Å². The Morgan fingerprint density at radius 3 is 2.42 bits per heavy atom. The molecule has 0 saturated heterocycles. The molecule has 0 spiro atoms. The second-order valence-electron chi connectivity index (χ2n) is 2.53. The van der Waals surface area contributed by atoms with Gasteiger partial charge in [-0.25, -0.2) is 0 Å². The number of rotatable bonds is 3. The van der Waals surface area contributed by atoms with Crippen molar-refractivity contribution in [2.45, 2.75) is 0 Å². The molecule has 0 aliphatic carbocycles. The third-order valence-corrected chi connectivity index (χ3v) is 5.99. The lowest BCUT2D eigenvalue weighted by atomic mass is 10.4. The summed E-state index contributed by atoms with van der Waals surface area (Å²) in [6.45, 7) is 3.75. The van der Waals surface area contributed by atoms with Gasteiger partial charge in [-0.2, -0.15) is 0 Å². The van der Waals surface area contributed by atoms with Crippen LogP contribution in [0.1, 0.15) is 0 Å². The van der Waals surface area contributed by atoms with E-state index in [1.54, 1.807) is 0 Å². The summed E-state index contributed by atoms with van der Waals surface area (Å²) in [6.07, 6.45) is 0. The molecule has 1 nitrogen and oxygen atoms in total. The van der Waals surface area contributed by atoms with Gasteiger partial charge in [0.2, 0.25) is 0 Å². The molecule has 0 amide bonds. The summed E-state index contributed by atoms with van der Waals surface area (Å²) in [6, 6.07) is 10.0. The molecule has 64 valence electrons. The van der Waals surface area contributed by atoms with Gasteiger partial charge in [-0.15, -0.1) is 17.7 Å². The van der Waals surface area contributed by atoms with Crippen LogP contribution in [0.2, 0.25) is 0 Å². The van der Waals surface area contributed by atoms with Crippen molar-refractivity contribution in [2.24, 2.45) is 0 Å². The molecule has 0 aliphatic heterocycles. The van der Waals surface area contributed by atoms with Crippen LogP contribution in [0.15, 0.2) is 42.6 Å². The third-order valence-electron chi connectivity index (χ3n) is 1.84. The van der Waals surface area contributed by atoms with E-state index in [2.05, 4.69) is 11.6 Å². The molecule has 12 heavy (non-hydrogen) atoms. The molecule has 0 bridgehead atoms. The number of nitrogens with one attached hydrogen (secondary N) is 1. The fraction of sp³-hybridized carbons (Fsp3) is 0.111. The van der Waals surface area contributed by atoms with E-state index in [4.69, 9.17) is 11.1 Å². The second kappa shape index (κ2) is 3.89. The predicted molar refractivity (Wildman–Crippen MR) is 56.9 cm³/mol. The van der Waals surface area contributed by atoms with Crippen molar-refractivity contribution in [3.8, 4) is 0 Å². The maximum atomic E-state index is 6.34. The first-order valence-corrected chi connectivity index (χ1v) is 6.89. The Kier molecular flexibility index (Phi) is 3.09. The van der Waals surface area contributed by atoms with Gasteiger partial charge < -0.3 is 4.98 Å². The average Bonchev–Trinajstić information content (AvgIpc) is 2.18. The van der Waals surface area contributed by atoms with Gasteiger partial charge >= 0.3 is 0 Å². The Labute approximate surface area is 78.9 Å². The molecule has 1 N–H and O–H groups in total. The molecule has 1 unspecified atom stereocenters. The van der Waals surface area contributed by atoms with Crippen LogP contribution in [0.3, 0.4) is 0 Å². The zero-order chi connectivity index (χ0) is 9.03. The Balaban J connectivity index is 3.03. The molecule has 1 atom stereocenters. The van der Waals surface area contributed by atoms with Gasteiger partial charge in [0.1, 0.15) is 0 Å². The summed E-state index contributed by atoms with van der Waals surface area (Å²) in [5.74, 6) is 0. The Morgan fingerprint density at radius 1 is 1.42 bits per heavy atom. The average molecular weight is 198 g/mol. The highest BCUT2D eigenvalue weighted by Crippen LogP contribution is 2.05. The van der Waals surface area contributed by atoms with Gasteiger partial charge in [0, 0.05) is 0 Å². The van der Waals surface area contributed by atoms with Crippen LogP contribution < -0.4 is 10.2 Å². The monoisotopic (exact) mass is 197 g/mol. The van der Waals surface area contributed by atoms with Crippen LogP contribution in [0.25, 0.3) is 0 Å². The minimum Gasteiger partial charge on any atom is -0.322 e. The smallest absolute Gasteiger partial charge is 0.281 e. The number of hydrogen-bond acceptors (Lipinski definition) is 1. The van der Waals surface area contributed by atoms with Crippen molar-refractivity contribution < 1.29 is 0 Å². The molecule has 0 heterocycles. The first-order valence-electron chi connectivity index (χ1n) is 3.80. The van der Waals surface area contributed by atoms with Crippen molar-refractivity contribution in [1.29, 1.82) is 0 Å². The van der Waals surface area contributed by atoms with Crippen molar-refractivity contribution in [1.82, 2.24) is 4.98 Å². The van der Waals surface area contributed by atoms with E-state index in [1.807, 2.05) is 43.1 Å². The lowest BCUT2D eigenvalue weighted by Gasteiger charge is -2.18. The van der Waals surface area contributed by atoms with Gasteiger partial charge in [0.25, 0.3) is 7.55 Å². The first-order chi connectivity index (χ1) is 5.73. The summed E-state index contributed by atoms with van der Waals surface area (Å²) in [5, 5.41) is 1.14. The summed E-state index contributed by atoms with van der Waals surface area (Å²) in [7, 11) is -0.218. The minimum absolute atomic E-state index is 1.14. The zero-order valence-corrected chi connectivity index (χ0v) is 8.81.